The van der Waals surface area contributed by atoms with Crippen molar-refractivity contribution in [2.75, 3.05) is 26.4 Å². The van der Waals surface area contributed by atoms with Crippen LogP contribution >= 0.6 is 0 Å². The van der Waals surface area contributed by atoms with E-state index < -0.39 is 22.0 Å². The van der Waals surface area contributed by atoms with E-state index in [-0.39, 0.29) is 11.4 Å². The van der Waals surface area contributed by atoms with Gasteiger partial charge in [-0.25, -0.2) is 8.42 Å². The van der Waals surface area contributed by atoms with Crippen molar-refractivity contribution in [3.8, 4) is 5.75 Å². The number of aliphatic carboxylic acids is 1. The molecule has 0 aliphatic carbocycles. The van der Waals surface area contributed by atoms with Crippen LogP contribution in [-0.4, -0.2) is 56.2 Å². The lowest BCUT2D eigenvalue weighted by atomic mass is 10.1. The highest BCUT2D eigenvalue weighted by atomic mass is 32.2. The highest BCUT2D eigenvalue weighted by Gasteiger charge is 2.37. The largest absolute Gasteiger partial charge is 0.491 e. The predicted octanol–water partition coefficient (Wildman–Crippen LogP) is 1.73. The van der Waals surface area contributed by atoms with Gasteiger partial charge in [-0.05, 0) is 50.5 Å². The fourth-order valence-electron chi connectivity index (χ4n) is 2.65. The van der Waals surface area contributed by atoms with Gasteiger partial charge < -0.3 is 14.6 Å². The van der Waals surface area contributed by atoms with E-state index in [9.17, 15) is 18.3 Å². The van der Waals surface area contributed by atoms with Crippen LogP contribution in [0.4, 0.5) is 0 Å². The fourth-order valence-corrected chi connectivity index (χ4v) is 4.30. The third-order valence-corrected chi connectivity index (χ3v) is 5.79. The smallest absolute Gasteiger partial charge is 0.322 e. The van der Waals surface area contributed by atoms with Gasteiger partial charge in [-0.15, -0.1) is 0 Å². The molecule has 1 fully saturated rings. The van der Waals surface area contributed by atoms with Crippen molar-refractivity contribution in [2.24, 2.45) is 0 Å². The zero-order chi connectivity index (χ0) is 17.6. The van der Waals surface area contributed by atoms with Gasteiger partial charge >= 0.3 is 5.97 Å². The summed E-state index contributed by atoms with van der Waals surface area (Å²) in [4.78, 5) is 11.4. The molecule has 0 amide bonds. The third kappa shape index (κ3) is 4.46. The van der Waals surface area contributed by atoms with Gasteiger partial charge in [-0.2, -0.15) is 4.31 Å². The van der Waals surface area contributed by atoms with Crippen LogP contribution in [0.25, 0.3) is 0 Å². The Kier molecular flexibility index (Phi) is 6.59. The summed E-state index contributed by atoms with van der Waals surface area (Å²) < 4.78 is 37.1. The van der Waals surface area contributed by atoms with Crippen LogP contribution in [0.15, 0.2) is 29.2 Å². The summed E-state index contributed by atoms with van der Waals surface area (Å²) in [5.74, 6) is -0.559. The standard InChI is InChI=1S/C16H23NO6S/c1-2-22-11-12-23-13-6-8-14(9-7-13)24(20,21)17-10-4-3-5-15(17)16(18)19/h6-9,15H,2-5,10-12H2,1H3,(H,18,19). The summed E-state index contributed by atoms with van der Waals surface area (Å²) in [5, 5.41) is 9.27. The first-order valence-corrected chi connectivity index (χ1v) is 9.46. The zero-order valence-electron chi connectivity index (χ0n) is 13.7. The number of rotatable bonds is 8. The Morgan fingerprint density at radius 3 is 2.58 bits per heavy atom. The minimum absolute atomic E-state index is 0.0767. The minimum atomic E-state index is -3.83. The Morgan fingerprint density at radius 2 is 1.96 bits per heavy atom. The number of hydrogen-bond acceptors (Lipinski definition) is 5. The van der Waals surface area contributed by atoms with Gasteiger partial charge in [-0.3, -0.25) is 4.79 Å². The Morgan fingerprint density at radius 1 is 1.25 bits per heavy atom. The summed E-state index contributed by atoms with van der Waals surface area (Å²) in [7, 11) is -3.83. The molecule has 1 aliphatic rings. The lowest BCUT2D eigenvalue weighted by Crippen LogP contribution is -2.47. The normalized spacial score (nSPS) is 19.1. The van der Waals surface area contributed by atoms with Crippen LogP contribution < -0.4 is 4.74 Å². The van der Waals surface area contributed by atoms with Gasteiger partial charge in [0.05, 0.1) is 11.5 Å². The van der Waals surface area contributed by atoms with E-state index in [1.54, 1.807) is 12.1 Å². The van der Waals surface area contributed by atoms with Crippen LogP contribution in [-0.2, 0) is 19.6 Å². The molecule has 1 unspecified atom stereocenters. The summed E-state index contributed by atoms with van der Waals surface area (Å²) in [6.07, 6.45) is 1.73. The molecule has 134 valence electrons. The Bertz CT molecular complexity index is 643. The maximum Gasteiger partial charge on any atom is 0.322 e. The number of carbonyl (C=O) groups is 1. The first-order chi connectivity index (χ1) is 11.5. The van der Waals surface area contributed by atoms with Crippen LogP contribution in [0.1, 0.15) is 26.2 Å². The monoisotopic (exact) mass is 357 g/mol. The number of ether oxygens (including phenoxy) is 2. The molecule has 1 N–H and O–H groups in total. The van der Waals surface area contributed by atoms with E-state index in [0.29, 0.717) is 38.4 Å². The lowest BCUT2D eigenvalue weighted by molar-refractivity contribution is -0.142. The first kappa shape index (κ1) is 18.7. The predicted molar refractivity (Wildman–Crippen MR) is 87.6 cm³/mol. The highest BCUT2D eigenvalue weighted by molar-refractivity contribution is 7.89. The average Bonchev–Trinajstić information content (AvgIpc) is 2.59. The van der Waals surface area contributed by atoms with Gasteiger partial charge in [0.1, 0.15) is 18.4 Å². The molecule has 0 spiro atoms. The number of benzene rings is 1. The molecule has 1 aromatic carbocycles. The van der Waals surface area contributed by atoms with Gasteiger partial charge in [-0.1, -0.05) is 0 Å². The molecule has 1 atom stereocenters. The molecule has 1 aromatic rings. The van der Waals surface area contributed by atoms with E-state index in [2.05, 4.69) is 0 Å². The molecule has 1 heterocycles. The van der Waals surface area contributed by atoms with Crippen molar-refractivity contribution < 1.29 is 27.8 Å². The van der Waals surface area contributed by atoms with E-state index >= 15 is 0 Å². The molecular weight excluding hydrogens is 334 g/mol. The second kappa shape index (κ2) is 8.46. The maximum absolute atomic E-state index is 12.7. The second-order valence-corrected chi connectivity index (χ2v) is 7.37. The van der Waals surface area contributed by atoms with Gasteiger partial charge in [0.25, 0.3) is 0 Å². The summed E-state index contributed by atoms with van der Waals surface area (Å²) >= 11 is 0. The van der Waals surface area contributed by atoms with Crippen LogP contribution in [0.5, 0.6) is 5.75 Å². The molecule has 7 nitrogen and oxygen atoms in total. The first-order valence-electron chi connectivity index (χ1n) is 8.02. The Hall–Kier alpha value is -1.64. The molecule has 0 bridgehead atoms. The lowest BCUT2D eigenvalue weighted by Gasteiger charge is -2.31. The van der Waals surface area contributed by atoms with Crippen molar-refractivity contribution in [2.45, 2.75) is 37.1 Å². The molecular formula is C16H23NO6S. The van der Waals surface area contributed by atoms with Crippen molar-refractivity contribution in [3.63, 3.8) is 0 Å². The van der Waals surface area contributed by atoms with E-state index in [0.717, 1.165) is 10.7 Å². The second-order valence-electron chi connectivity index (χ2n) is 5.48. The molecule has 1 saturated heterocycles. The molecule has 0 saturated carbocycles. The highest BCUT2D eigenvalue weighted by Crippen LogP contribution is 2.26. The van der Waals surface area contributed by atoms with Gasteiger partial charge in [0, 0.05) is 13.2 Å². The summed E-state index contributed by atoms with van der Waals surface area (Å²) in [6, 6.07) is 5.03. The number of piperidine rings is 1. The van der Waals surface area contributed by atoms with Crippen molar-refractivity contribution in [3.05, 3.63) is 24.3 Å². The summed E-state index contributed by atoms with van der Waals surface area (Å²) in [6.45, 7) is 3.58. The number of carboxylic acids is 1. The SMILES string of the molecule is CCOCCOc1ccc(S(=O)(=O)N2CCCCC2C(=O)O)cc1. The number of sulfonamides is 1. The molecule has 0 aromatic heterocycles. The minimum Gasteiger partial charge on any atom is -0.491 e. The molecule has 2 rings (SSSR count). The van der Waals surface area contributed by atoms with E-state index in [4.69, 9.17) is 9.47 Å². The molecule has 1 aliphatic heterocycles. The van der Waals surface area contributed by atoms with E-state index in [1.807, 2.05) is 6.92 Å². The molecule has 0 radical (unpaired) electrons. The van der Waals surface area contributed by atoms with Gasteiger partial charge in [0.15, 0.2) is 0 Å². The Labute approximate surface area is 142 Å². The van der Waals surface area contributed by atoms with E-state index in [1.165, 1.54) is 12.1 Å². The zero-order valence-corrected chi connectivity index (χ0v) is 14.5. The fraction of sp³-hybridized carbons (Fsp3) is 0.562. The summed E-state index contributed by atoms with van der Waals surface area (Å²) in [5.41, 5.74) is 0. The van der Waals surface area contributed by atoms with Crippen molar-refractivity contribution in [1.29, 1.82) is 0 Å². The third-order valence-electron chi connectivity index (χ3n) is 3.87. The van der Waals surface area contributed by atoms with Crippen molar-refractivity contribution in [1.82, 2.24) is 4.31 Å². The maximum atomic E-state index is 12.7. The van der Waals surface area contributed by atoms with Crippen molar-refractivity contribution >= 4 is 16.0 Å². The molecule has 8 heteroatoms. The number of nitrogens with zero attached hydrogens (tertiary/aromatic N) is 1. The van der Waals surface area contributed by atoms with Crippen LogP contribution in [0.2, 0.25) is 0 Å². The quantitative estimate of drug-likeness (QED) is 0.712. The molecule has 24 heavy (non-hydrogen) atoms. The number of hydrogen-bond donors (Lipinski definition) is 1. The van der Waals surface area contributed by atoms with Crippen LogP contribution in [0, 0.1) is 0 Å². The topological polar surface area (TPSA) is 93.1 Å². The average molecular weight is 357 g/mol. The number of carboxylic acid groups (broad SMARTS) is 1. The van der Waals surface area contributed by atoms with Gasteiger partial charge in [0.2, 0.25) is 10.0 Å². The Balaban J connectivity index is 2.09. The van der Waals surface area contributed by atoms with Crippen LogP contribution in [0.3, 0.4) is 0 Å².